The van der Waals surface area contributed by atoms with Crippen LogP contribution < -0.4 is 10.1 Å². The molecule has 0 bridgehead atoms. The molecular formula is C20H15FN6O2. The lowest BCUT2D eigenvalue weighted by atomic mass is 10.2. The molecular weight excluding hydrogens is 375 g/mol. The van der Waals surface area contributed by atoms with Crippen LogP contribution in [0, 0.1) is 5.82 Å². The van der Waals surface area contributed by atoms with Gasteiger partial charge in [-0.3, -0.25) is 4.79 Å². The van der Waals surface area contributed by atoms with Gasteiger partial charge in [0.25, 0.3) is 5.91 Å². The van der Waals surface area contributed by atoms with Crippen molar-refractivity contribution in [2.45, 2.75) is 6.54 Å². The molecule has 0 aliphatic rings. The van der Waals surface area contributed by atoms with E-state index in [-0.39, 0.29) is 12.5 Å². The smallest absolute Gasteiger partial charge is 0.251 e. The Kier molecular flexibility index (Phi) is 5.19. The topological polar surface area (TPSA) is 94.8 Å². The van der Waals surface area contributed by atoms with Crippen molar-refractivity contribution < 1.29 is 13.9 Å². The summed E-state index contributed by atoms with van der Waals surface area (Å²) in [4.78, 5) is 16.8. The molecule has 0 aliphatic carbocycles. The molecule has 0 saturated heterocycles. The minimum atomic E-state index is -0.407. The molecule has 0 atom stereocenters. The second kappa shape index (κ2) is 8.26. The zero-order valence-electron chi connectivity index (χ0n) is 15.1. The monoisotopic (exact) mass is 390 g/mol. The number of carbonyl (C=O) groups is 1. The fraction of sp³-hybridized carbons (Fsp3) is 0.0500. The first kappa shape index (κ1) is 18.2. The summed E-state index contributed by atoms with van der Waals surface area (Å²) in [7, 11) is 0. The van der Waals surface area contributed by atoms with Crippen LogP contribution in [0.4, 0.5) is 4.39 Å². The van der Waals surface area contributed by atoms with Crippen LogP contribution in [0.15, 0.2) is 73.2 Å². The number of hydrogen-bond donors (Lipinski definition) is 1. The van der Waals surface area contributed by atoms with Crippen molar-refractivity contribution >= 4 is 5.91 Å². The van der Waals surface area contributed by atoms with Gasteiger partial charge in [-0.05, 0) is 46.8 Å². The van der Waals surface area contributed by atoms with Crippen molar-refractivity contribution in [3.8, 4) is 17.3 Å². The molecule has 1 amide bonds. The summed E-state index contributed by atoms with van der Waals surface area (Å²) in [5.74, 6) is -0.0671. The van der Waals surface area contributed by atoms with Crippen molar-refractivity contribution in [1.29, 1.82) is 0 Å². The minimum Gasteiger partial charge on any atom is -0.439 e. The van der Waals surface area contributed by atoms with E-state index in [0.29, 0.717) is 28.4 Å². The molecule has 0 fully saturated rings. The van der Waals surface area contributed by atoms with E-state index in [1.165, 1.54) is 23.1 Å². The third-order valence-corrected chi connectivity index (χ3v) is 4.02. The summed E-state index contributed by atoms with van der Waals surface area (Å²) in [6.07, 6.45) is 3.01. The molecule has 4 rings (SSSR count). The number of pyridine rings is 1. The highest BCUT2D eigenvalue weighted by Gasteiger charge is 2.11. The van der Waals surface area contributed by atoms with Crippen LogP contribution >= 0.6 is 0 Å². The normalized spacial score (nSPS) is 10.5. The van der Waals surface area contributed by atoms with E-state index < -0.39 is 5.82 Å². The van der Waals surface area contributed by atoms with E-state index >= 15 is 0 Å². The number of rotatable bonds is 6. The Labute approximate surface area is 165 Å². The van der Waals surface area contributed by atoms with Crippen LogP contribution in [-0.2, 0) is 6.54 Å². The van der Waals surface area contributed by atoms with Gasteiger partial charge in [0, 0.05) is 29.9 Å². The summed E-state index contributed by atoms with van der Waals surface area (Å²) < 4.78 is 20.5. The minimum absolute atomic E-state index is 0.187. The Morgan fingerprint density at radius 1 is 1.10 bits per heavy atom. The number of benzene rings is 2. The van der Waals surface area contributed by atoms with Crippen molar-refractivity contribution in [1.82, 2.24) is 30.5 Å². The molecule has 144 valence electrons. The standard InChI is InChI=1S/C20H15FN6O2/c21-16-6-2-8-18(11-16)29-20-15(5-3-9-22-20)12-23-19(28)14-4-1-7-17(10-14)27-13-24-25-26-27/h1-11,13H,12H2,(H,23,28). The van der Waals surface area contributed by atoms with E-state index in [1.807, 2.05) is 0 Å². The molecule has 0 aliphatic heterocycles. The first-order chi connectivity index (χ1) is 14.2. The average molecular weight is 390 g/mol. The molecule has 29 heavy (non-hydrogen) atoms. The average Bonchev–Trinajstić information content (AvgIpc) is 3.28. The van der Waals surface area contributed by atoms with Gasteiger partial charge in [-0.1, -0.05) is 18.2 Å². The van der Waals surface area contributed by atoms with Crippen molar-refractivity contribution in [3.05, 3.63) is 90.1 Å². The number of carbonyl (C=O) groups excluding carboxylic acids is 1. The fourth-order valence-electron chi connectivity index (χ4n) is 2.64. The maximum Gasteiger partial charge on any atom is 0.251 e. The molecule has 4 aromatic rings. The molecule has 8 nitrogen and oxygen atoms in total. The molecule has 0 radical (unpaired) electrons. The Morgan fingerprint density at radius 2 is 2.00 bits per heavy atom. The van der Waals surface area contributed by atoms with Crippen LogP contribution in [0.3, 0.4) is 0 Å². The molecule has 0 unspecified atom stereocenters. The van der Waals surface area contributed by atoms with E-state index in [2.05, 4.69) is 25.8 Å². The number of hydrogen-bond acceptors (Lipinski definition) is 6. The highest BCUT2D eigenvalue weighted by molar-refractivity contribution is 5.94. The molecule has 2 aromatic carbocycles. The summed E-state index contributed by atoms with van der Waals surface area (Å²) >= 11 is 0. The summed E-state index contributed by atoms with van der Waals surface area (Å²) in [5.41, 5.74) is 1.77. The van der Waals surface area contributed by atoms with Gasteiger partial charge in [-0.25, -0.2) is 14.1 Å². The maximum atomic E-state index is 13.4. The molecule has 0 saturated carbocycles. The van der Waals surface area contributed by atoms with Gasteiger partial charge in [-0.15, -0.1) is 5.10 Å². The van der Waals surface area contributed by atoms with Crippen LogP contribution in [-0.4, -0.2) is 31.1 Å². The van der Waals surface area contributed by atoms with Crippen LogP contribution in [0.1, 0.15) is 15.9 Å². The predicted molar refractivity (Wildman–Crippen MR) is 101 cm³/mol. The van der Waals surface area contributed by atoms with Crippen LogP contribution in [0.25, 0.3) is 5.69 Å². The van der Waals surface area contributed by atoms with E-state index in [1.54, 1.807) is 54.7 Å². The van der Waals surface area contributed by atoms with E-state index in [9.17, 15) is 9.18 Å². The number of tetrazole rings is 1. The Balaban J connectivity index is 1.47. The molecule has 2 heterocycles. The molecule has 9 heteroatoms. The molecule has 0 spiro atoms. The summed E-state index contributed by atoms with van der Waals surface area (Å²) in [6.45, 7) is 0.187. The lowest BCUT2D eigenvalue weighted by molar-refractivity contribution is 0.0950. The van der Waals surface area contributed by atoms with Crippen molar-refractivity contribution in [3.63, 3.8) is 0 Å². The summed E-state index contributed by atoms with van der Waals surface area (Å²) in [5, 5.41) is 13.8. The van der Waals surface area contributed by atoms with Gasteiger partial charge in [0.1, 0.15) is 17.9 Å². The van der Waals surface area contributed by atoms with Crippen molar-refractivity contribution in [2.24, 2.45) is 0 Å². The number of amides is 1. The second-order valence-electron chi connectivity index (χ2n) is 6.01. The SMILES string of the molecule is O=C(NCc1cccnc1Oc1cccc(F)c1)c1cccc(-n2cnnn2)c1. The second-order valence-corrected chi connectivity index (χ2v) is 6.01. The molecule has 2 aromatic heterocycles. The maximum absolute atomic E-state index is 13.4. The quantitative estimate of drug-likeness (QED) is 0.544. The number of nitrogens with one attached hydrogen (secondary N) is 1. The third-order valence-electron chi connectivity index (χ3n) is 4.02. The lowest BCUT2D eigenvalue weighted by Crippen LogP contribution is -2.23. The number of aromatic nitrogens is 5. The van der Waals surface area contributed by atoms with Gasteiger partial charge in [0.05, 0.1) is 5.69 Å². The zero-order valence-corrected chi connectivity index (χ0v) is 15.1. The molecule has 1 N–H and O–H groups in total. The largest absolute Gasteiger partial charge is 0.439 e. The lowest BCUT2D eigenvalue weighted by Gasteiger charge is -2.11. The first-order valence-corrected chi connectivity index (χ1v) is 8.68. The van der Waals surface area contributed by atoms with Gasteiger partial charge in [0.2, 0.25) is 5.88 Å². The zero-order chi connectivity index (χ0) is 20.1. The van der Waals surface area contributed by atoms with Gasteiger partial charge >= 0.3 is 0 Å². The Morgan fingerprint density at radius 3 is 2.83 bits per heavy atom. The fourth-order valence-corrected chi connectivity index (χ4v) is 2.64. The highest BCUT2D eigenvalue weighted by atomic mass is 19.1. The van der Waals surface area contributed by atoms with Crippen molar-refractivity contribution in [2.75, 3.05) is 0 Å². The number of ether oxygens (including phenoxy) is 1. The van der Waals surface area contributed by atoms with Gasteiger partial charge < -0.3 is 10.1 Å². The van der Waals surface area contributed by atoms with Gasteiger partial charge in [0.15, 0.2) is 0 Å². The first-order valence-electron chi connectivity index (χ1n) is 8.68. The third kappa shape index (κ3) is 4.41. The predicted octanol–water partition coefficient (Wildman–Crippen LogP) is 2.92. The van der Waals surface area contributed by atoms with E-state index in [4.69, 9.17) is 4.74 Å². The highest BCUT2D eigenvalue weighted by Crippen LogP contribution is 2.23. The Hall–Kier alpha value is -4.14. The van der Waals surface area contributed by atoms with Crippen LogP contribution in [0.2, 0.25) is 0 Å². The van der Waals surface area contributed by atoms with Gasteiger partial charge in [-0.2, -0.15) is 0 Å². The number of halogens is 1. The summed E-state index contributed by atoms with van der Waals surface area (Å²) in [6, 6.07) is 16.2. The Bertz CT molecular complexity index is 1130. The van der Waals surface area contributed by atoms with Crippen LogP contribution in [0.5, 0.6) is 11.6 Å². The van der Waals surface area contributed by atoms with E-state index in [0.717, 1.165) is 0 Å². The number of nitrogens with zero attached hydrogens (tertiary/aromatic N) is 5.